The molecule has 114 valence electrons. The molecule has 4 N–H and O–H groups in total. The summed E-state index contributed by atoms with van der Waals surface area (Å²) in [6.45, 7) is 11.1. The second-order valence-electron chi connectivity index (χ2n) is 5.73. The van der Waals surface area contributed by atoms with E-state index in [0.29, 0.717) is 0 Å². The average molecular weight is 299 g/mol. The first-order chi connectivity index (χ1) is 8.01. The predicted molar refractivity (Wildman–Crippen MR) is 71.5 cm³/mol. The molecule has 8 nitrogen and oxygen atoms in total. The number of rotatable bonds is 4. The molecular weight excluding hydrogens is 276 g/mol. The Bertz CT molecular complexity index is 269. The number of halogens is 1. The molecule has 19 heavy (non-hydrogen) atoms. The molecule has 0 aliphatic heterocycles. The molecule has 0 aliphatic carbocycles. The molecule has 0 fully saturated rings. The first kappa shape index (κ1) is 20.4. The fourth-order valence-electron chi connectivity index (χ4n) is 0.533. The summed E-state index contributed by atoms with van der Waals surface area (Å²) in [5.41, 5.74) is 9.01. The van der Waals surface area contributed by atoms with Gasteiger partial charge in [-0.1, -0.05) is 11.2 Å². The molecule has 0 heterocycles. The lowest BCUT2D eigenvalue weighted by Gasteiger charge is -2.21. The van der Waals surface area contributed by atoms with Gasteiger partial charge in [-0.05, 0) is 41.5 Å². The molecule has 0 saturated heterocycles. The Balaban J connectivity index is 0. The Morgan fingerprint density at radius 2 is 1.00 bits per heavy atom. The summed E-state index contributed by atoms with van der Waals surface area (Å²) in [7, 11) is 0. The highest BCUT2D eigenvalue weighted by Crippen LogP contribution is 1.96. The standard InChI is InChI=1S/C10H22N4O4.ClH/c1-9(2,3)11-13-17-7(15)8(16)18-14-12-10(4,5)6;/h11-14H,1-6H3;1H. The maximum Gasteiger partial charge on any atom is 0.439 e. The summed E-state index contributed by atoms with van der Waals surface area (Å²) in [5, 5.41) is 0. The summed E-state index contributed by atoms with van der Waals surface area (Å²) in [4.78, 5) is 31.1. The van der Waals surface area contributed by atoms with E-state index in [-0.39, 0.29) is 23.5 Å². The van der Waals surface area contributed by atoms with Crippen LogP contribution in [0.5, 0.6) is 0 Å². The van der Waals surface area contributed by atoms with Crippen molar-refractivity contribution in [1.82, 2.24) is 22.0 Å². The van der Waals surface area contributed by atoms with Crippen LogP contribution in [0.15, 0.2) is 0 Å². The zero-order valence-corrected chi connectivity index (χ0v) is 12.9. The van der Waals surface area contributed by atoms with Gasteiger partial charge in [0, 0.05) is 11.1 Å². The number of carbonyl (C=O) groups excluding carboxylic acids is 2. The van der Waals surface area contributed by atoms with Crippen LogP contribution in [0.4, 0.5) is 0 Å². The Hall–Kier alpha value is -0.930. The van der Waals surface area contributed by atoms with Crippen LogP contribution in [-0.4, -0.2) is 23.0 Å². The summed E-state index contributed by atoms with van der Waals surface area (Å²) in [6.07, 6.45) is 0. The molecular formula is C10H23ClN4O4. The van der Waals surface area contributed by atoms with Gasteiger partial charge in [-0.3, -0.25) is 0 Å². The van der Waals surface area contributed by atoms with Crippen molar-refractivity contribution in [3.8, 4) is 0 Å². The minimum atomic E-state index is -1.17. The van der Waals surface area contributed by atoms with Gasteiger partial charge < -0.3 is 9.68 Å². The molecule has 0 rings (SSSR count). The van der Waals surface area contributed by atoms with Gasteiger partial charge in [0.15, 0.2) is 0 Å². The van der Waals surface area contributed by atoms with Crippen LogP contribution >= 0.6 is 12.4 Å². The van der Waals surface area contributed by atoms with Crippen molar-refractivity contribution < 1.29 is 19.3 Å². The van der Waals surface area contributed by atoms with Crippen molar-refractivity contribution in [3.63, 3.8) is 0 Å². The minimum Gasteiger partial charge on any atom is -0.346 e. The lowest BCUT2D eigenvalue weighted by Crippen LogP contribution is -2.49. The summed E-state index contributed by atoms with van der Waals surface area (Å²) >= 11 is 0. The number of hydrogen-bond acceptors (Lipinski definition) is 8. The van der Waals surface area contributed by atoms with Gasteiger partial charge in [0.25, 0.3) is 0 Å². The number of nitrogens with one attached hydrogen (secondary N) is 4. The highest BCUT2D eigenvalue weighted by atomic mass is 35.5. The van der Waals surface area contributed by atoms with E-state index in [1.807, 2.05) is 41.5 Å². The van der Waals surface area contributed by atoms with Gasteiger partial charge >= 0.3 is 11.9 Å². The van der Waals surface area contributed by atoms with E-state index in [1.54, 1.807) is 0 Å². The summed E-state index contributed by atoms with van der Waals surface area (Å²) in [5.74, 6) is -2.34. The first-order valence-electron chi connectivity index (χ1n) is 5.47. The normalized spacial score (nSPS) is 11.5. The molecule has 0 unspecified atom stereocenters. The highest BCUT2D eigenvalue weighted by Gasteiger charge is 2.20. The number of carbonyl (C=O) groups is 2. The van der Waals surface area contributed by atoms with Gasteiger partial charge in [-0.15, -0.1) is 12.4 Å². The first-order valence-corrected chi connectivity index (χ1v) is 5.47. The van der Waals surface area contributed by atoms with Crippen LogP contribution in [-0.2, 0) is 19.3 Å². The van der Waals surface area contributed by atoms with E-state index < -0.39 is 11.9 Å². The van der Waals surface area contributed by atoms with Gasteiger partial charge in [-0.25, -0.2) is 20.4 Å². The Labute approximate surface area is 119 Å². The van der Waals surface area contributed by atoms with Crippen LogP contribution < -0.4 is 22.0 Å². The maximum absolute atomic E-state index is 11.1. The van der Waals surface area contributed by atoms with Crippen molar-refractivity contribution in [2.24, 2.45) is 0 Å². The second kappa shape index (κ2) is 8.28. The lowest BCUT2D eigenvalue weighted by molar-refractivity contribution is -0.180. The molecule has 0 amide bonds. The molecule has 0 spiro atoms. The summed E-state index contributed by atoms with van der Waals surface area (Å²) < 4.78 is 0. The monoisotopic (exact) mass is 298 g/mol. The van der Waals surface area contributed by atoms with E-state index in [4.69, 9.17) is 0 Å². The van der Waals surface area contributed by atoms with Gasteiger partial charge in [-0.2, -0.15) is 0 Å². The fraction of sp³-hybridized carbons (Fsp3) is 0.800. The van der Waals surface area contributed by atoms with Crippen LogP contribution in [0.2, 0.25) is 0 Å². The minimum absolute atomic E-state index is 0. The largest absolute Gasteiger partial charge is 0.439 e. The SMILES string of the molecule is CC(C)(C)NNOC(=O)C(=O)ONNC(C)(C)C.Cl. The van der Waals surface area contributed by atoms with E-state index >= 15 is 0 Å². The van der Waals surface area contributed by atoms with Crippen molar-refractivity contribution in [1.29, 1.82) is 0 Å². The zero-order valence-electron chi connectivity index (χ0n) is 12.0. The molecule has 0 atom stereocenters. The second-order valence-corrected chi connectivity index (χ2v) is 5.73. The topological polar surface area (TPSA) is 101 Å². The van der Waals surface area contributed by atoms with Crippen molar-refractivity contribution >= 4 is 24.3 Å². The highest BCUT2D eigenvalue weighted by molar-refractivity contribution is 6.29. The van der Waals surface area contributed by atoms with Gasteiger partial charge in [0.05, 0.1) is 0 Å². The third-order valence-corrected chi connectivity index (χ3v) is 1.31. The molecule has 0 aromatic rings. The van der Waals surface area contributed by atoms with Crippen molar-refractivity contribution in [2.45, 2.75) is 52.6 Å². The van der Waals surface area contributed by atoms with Crippen LogP contribution in [0.1, 0.15) is 41.5 Å². The fourth-order valence-corrected chi connectivity index (χ4v) is 0.533. The molecule has 0 saturated carbocycles. The third kappa shape index (κ3) is 13.3. The smallest absolute Gasteiger partial charge is 0.346 e. The third-order valence-electron chi connectivity index (χ3n) is 1.31. The summed E-state index contributed by atoms with van der Waals surface area (Å²) in [6, 6.07) is 0. The van der Waals surface area contributed by atoms with E-state index in [2.05, 4.69) is 31.7 Å². The molecule has 0 aromatic heterocycles. The Morgan fingerprint density at radius 1 is 0.737 bits per heavy atom. The Kier molecular flexibility index (Phi) is 8.89. The Morgan fingerprint density at radius 3 is 1.21 bits per heavy atom. The van der Waals surface area contributed by atoms with E-state index in [0.717, 1.165) is 0 Å². The van der Waals surface area contributed by atoms with E-state index in [1.165, 1.54) is 0 Å². The van der Waals surface area contributed by atoms with Crippen molar-refractivity contribution in [3.05, 3.63) is 0 Å². The maximum atomic E-state index is 11.1. The quantitative estimate of drug-likeness (QED) is 0.429. The van der Waals surface area contributed by atoms with Gasteiger partial charge in [0.1, 0.15) is 0 Å². The average Bonchev–Trinajstić information content (AvgIpc) is 2.13. The number of hydrazine groups is 2. The van der Waals surface area contributed by atoms with Crippen LogP contribution in [0, 0.1) is 0 Å². The molecule has 0 aromatic carbocycles. The van der Waals surface area contributed by atoms with Crippen molar-refractivity contribution in [2.75, 3.05) is 0 Å². The van der Waals surface area contributed by atoms with Crippen LogP contribution in [0.25, 0.3) is 0 Å². The van der Waals surface area contributed by atoms with E-state index in [9.17, 15) is 9.59 Å². The molecule has 0 aliphatic rings. The number of hydrogen-bond donors (Lipinski definition) is 4. The predicted octanol–water partition coefficient (Wildman–Crippen LogP) is 0.110. The van der Waals surface area contributed by atoms with Gasteiger partial charge in [0.2, 0.25) is 0 Å². The van der Waals surface area contributed by atoms with Crippen LogP contribution in [0.3, 0.4) is 0 Å². The zero-order chi connectivity index (χ0) is 14.4. The lowest BCUT2D eigenvalue weighted by atomic mass is 10.1. The molecule has 0 bridgehead atoms. The molecule has 9 heteroatoms. The molecule has 0 radical (unpaired) electrons.